The van der Waals surface area contributed by atoms with Gasteiger partial charge in [-0.3, -0.25) is 0 Å². The van der Waals surface area contributed by atoms with Gasteiger partial charge in [-0.25, -0.2) is 4.98 Å². The average molecular weight is 273 g/mol. The minimum atomic E-state index is 0.224. The standard InChI is InChI=1S/C15H23N5/c1-5-16-14(10-15-17-7-8-20(15)6-2)13-9-11(3)18-19-12(13)4/h7-9,14,16H,5-6,10H2,1-4H3. The monoisotopic (exact) mass is 273 g/mol. The van der Waals surface area contributed by atoms with Gasteiger partial charge in [0, 0.05) is 31.4 Å². The lowest BCUT2D eigenvalue weighted by molar-refractivity contribution is 0.516. The number of imidazole rings is 1. The fraction of sp³-hybridized carbons (Fsp3) is 0.533. The quantitative estimate of drug-likeness (QED) is 0.876. The summed E-state index contributed by atoms with van der Waals surface area (Å²) in [5.41, 5.74) is 3.15. The summed E-state index contributed by atoms with van der Waals surface area (Å²) in [5.74, 6) is 1.10. The van der Waals surface area contributed by atoms with Crippen molar-refractivity contribution in [2.75, 3.05) is 6.54 Å². The Morgan fingerprint density at radius 1 is 1.25 bits per heavy atom. The summed E-state index contributed by atoms with van der Waals surface area (Å²) in [6, 6.07) is 2.34. The number of likely N-dealkylation sites (N-methyl/N-ethyl adjacent to an activating group) is 1. The zero-order valence-electron chi connectivity index (χ0n) is 12.7. The fourth-order valence-electron chi connectivity index (χ4n) is 2.46. The van der Waals surface area contributed by atoms with Crippen LogP contribution < -0.4 is 5.32 Å². The van der Waals surface area contributed by atoms with E-state index in [0.717, 1.165) is 36.7 Å². The van der Waals surface area contributed by atoms with E-state index in [9.17, 15) is 0 Å². The second kappa shape index (κ2) is 6.61. The van der Waals surface area contributed by atoms with Crippen LogP contribution in [-0.4, -0.2) is 26.3 Å². The molecule has 2 rings (SSSR count). The number of aromatic nitrogens is 4. The highest BCUT2D eigenvalue weighted by Crippen LogP contribution is 2.20. The smallest absolute Gasteiger partial charge is 0.110 e. The highest BCUT2D eigenvalue weighted by molar-refractivity contribution is 5.24. The van der Waals surface area contributed by atoms with Gasteiger partial charge in [-0.05, 0) is 38.9 Å². The van der Waals surface area contributed by atoms with Crippen LogP contribution in [0.4, 0.5) is 0 Å². The molecular formula is C15H23N5. The van der Waals surface area contributed by atoms with Gasteiger partial charge in [0.05, 0.1) is 11.4 Å². The van der Waals surface area contributed by atoms with Crippen molar-refractivity contribution in [1.29, 1.82) is 0 Å². The van der Waals surface area contributed by atoms with E-state index in [1.165, 1.54) is 5.56 Å². The van der Waals surface area contributed by atoms with Crippen LogP contribution in [0.5, 0.6) is 0 Å². The van der Waals surface area contributed by atoms with Crippen molar-refractivity contribution in [3.8, 4) is 0 Å². The van der Waals surface area contributed by atoms with Crippen molar-refractivity contribution in [2.24, 2.45) is 0 Å². The Kier molecular flexibility index (Phi) is 4.84. The molecule has 2 aromatic heterocycles. The second-order valence-corrected chi connectivity index (χ2v) is 4.97. The maximum atomic E-state index is 4.47. The maximum absolute atomic E-state index is 4.47. The van der Waals surface area contributed by atoms with Gasteiger partial charge in [-0.2, -0.15) is 10.2 Å². The number of nitrogens with zero attached hydrogens (tertiary/aromatic N) is 4. The molecule has 5 heteroatoms. The molecule has 0 bridgehead atoms. The summed E-state index contributed by atoms with van der Waals surface area (Å²) in [6.07, 6.45) is 4.76. The van der Waals surface area contributed by atoms with Gasteiger partial charge in [0.15, 0.2) is 0 Å². The Labute approximate surface area is 120 Å². The van der Waals surface area contributed by atoms with Crippen molar-refractivity contribution < 1.29 is 0 Å². The predicted octanol–water partition coefficient (Wildman–Crippen LogP) is 2.20. The number of aryl methyl sites for hydroxylation is 3. The minimum absolute atomic E-state index is 0.224. The van der Waals surface area contributed by atoms with E-state index >= 15 is 0 Å². The van der Waals surface area contributed by atoms with Crippen molar-refractivity contribution in [1.82, 2.24) is 25.1 Å². The first-order chi connectivity index (χ1) is 9.65. The molecule has 2 aromatic rings. The first-order valence-electron chi connectivity index (χ1n) is 7.19. The van der Waals surface area contributed by atoms with E-state index in [-0.39, 0.29) is 6.04 Å². The molecule has 0 saturated carbocycles. The van der Waals surface area contributed by atoms with Crippen LogP contribution in [-0.2, 0) is 13.0 Å². The van der Waals surface area contributed by atoms with Crippen LogP contribution in [0.25, 0.3) is 0 Å². The molecule has 1 N–H and O–H groups in total. The summed E-state index contributed by atoms with van der Waals surface area (Å²) in [7, 11) is 0. The minimum Gasteiger partial charge on any atom is -0.335 e. The average Bonchev–Trinajstić information content (AvgIpc) is 2.88. The summed E-state index contributed by atoms with van der Waals surface area (Å²) in [4.78, 5) is 4.47. The number of hydrogen-bond acceptors (Lipinski definition) is 4. The summed E-state index contributed by atoms with van der Waals surface area (Å²) < 4.78 is 2.18. The largest absolute Gasteiger partial charge is 0.335 e. The summed E-state index contributed by atoms with van der Waals surface area (Å²) in [5, 5.41) is 11.9. The molecule has 1 unspecified atom stereocenters. The third-order valence-electron chi connectivity index (χ3n) is 3.49. The first-order valence-corrected chi connectivity index (χ1v) is 7.19. The van der Waals surface area contributed by atoms with Crippen molar-refractivity contribution >= 4 is 0 Å². The molecule has 108 valence electrons. The molecule has 0 spiro atoms. The number of nitrogens with one attached hydrogen (secondary N) is 1. The van der Waals surface area contributed by atoms with Gasteiger partial charge in [0.1, 0.15) is 5.82 Å². The molecule has 20 heavy (non-hydrogen) atoms. The lowest BCUT2D eigenvalue weighted by Crippen LogP contribution is -2.25. The Balaban J connectivity index is 2.29. The molecule has 2 heterocycles. The van der Waals surface area contributed by atoms with Crippen LogP contribution in [0, 0.1) is 13.8 Å². The summed E-state index contributed by atoms with van der Waals surface area (Å²) >= 11 is 0. The fourth-order valence-corrected chi connectivity index (χ4v) is 2.46. The molecule has 0 saturated heterocycles. The van der Waals surface area contributed by atoms with E-state index in [2.05, 4.69) is 45.0 Å². The van der Waals surface area contributed by atoms with E-state index < -0.39 is 0 Å². The third kappa shape index (κ3) is 3.22. The van der Waals surface area contributed by atoms with Gasteiger partial charge in [0.2, 0.25) is 0 Å². The Hall–Kier alpha value is -1.75. The Bertz CT molecular complexity index is 561. The molecular weight excluding hydrogens is 250 g/mol. The lowest BCUT2D eigenvalue weighted by Gasteiger charge is -2.20. The van der Waals surface area contributed by atoms with Gasteiger partial charge < -0.3 is 9.88 Å². The molecule has 0 aliphatic rings. The van der Waals surface area contributed by atoms with Crippen LogP contribution >= 0.6 is 0 Å². The van der Waals surface area contributed by atoms with E-state index in [0.29, 0.717) is 0 Å². The molecule has 0 aromatic carbocycles. The Morgan fingerprint density at radius 3 is 2.75 bits per heavy atom. The van der Waals surface area contributed by atoms with Crippen LogP contribution in [0.1, 0.15) is 42.7 Å². The predicted molar refractivity (Wildman–Crippen MR) is 79.5 cm³/mol. The normalized spacial score (nSPS) is 12.6. The van der Waals surface area contributed by atoms with Gasteiger partial charge >= 0.3 is 0 Å². The van der Waals surface area contributed by atoms with Gasteiger partial charge in [0.25, 0.3) is 0 Å². The molecule has 5 nitrogen and oxygen atoms in total. The SMILES string of the molecule is CCNC(Cc1nccn1CC)c1cc(C)nnc1C. The highest BCUT2D eigenvalue weighted by atomic mass is 15.1. The van der Waals surface area contributed by atoms with Crippen molar-refractivity contribution in [3.05, 3.63) is 41.2 Å². The molecule has 0 aliphatic carbocycles. The zero-order chi connectivity index (χ0) is 14.5. The number of hydrogen-bond donors (Lipinski definition) is 1. The molecule has 0 fully saturated rings. The number of rotatable bonds is 6. The zero-order valence-corrected chi connectivity index (χ0v) is 12.7. The van der Waals surface area contributed by atoms with E-state index in [4.69, 9.17) is 0 Å². The van der Waals surface area contributed by atoms with Gasteiger partial charge in [-0.15, -0.1) is 0 Å². The Morgan fingerprint density at radius 2 is 2.05 bits per heavy atom. The second-order valence-electron chi connectivity index (χ2n) is 4.97. The van der Waals surface area contributed by atoms with Crippen LogP contribution in [0.3, 0.4) is 0 Å². The highest BCUT2D eigenvalue weighted by Gasteiger charge is 2.17. The lowest BCUT2D eigenvalue weighted by atomic mass is 10.0. The maximum Gasteiger partial charge on any atom is 0.110 e. The van der Waals surface area contributed by atoms with Crippen molar-refractivity contribution in [3.63, 3.8) is 0 Å². The van der Waals surface area contributed by atoms with E-state index in [1.807, 2.05) is 26.2 Å². The third-order valence-corrected chi connectivity index (χ3v) is 3.49. The molecule has 0 radical (unpaired) electrons. The first kappa shape index (κ1) is 14.7. The van der Waals surface area contributed by atoms with Gasteiger partial charge in [-0.1, -0.05) is 6.92 Å². The van der Waals surface area contributed by atoms with Crippen LogP contribution in [0.2, 0.25) is 0 Å². The molecule has 0 aliphatic heterocycles. The summed E-state index contributed by atoms with van der Waals surface area (Å²) in [6.45, 7) is 10.1. The van der Waals surface area contributed by atoms with Crippen LogP contribution in [0.15, 0.2) is 18.5 Å². The molecule has 1 atom stereocenters. The van der Waals surface area contributed by atoms with E-state index in [1.54, 1.807) is 0 Å². The van der Waals surface area contributed by atoms with Crippen molar-refractivity contribution in [2.45, 2.75) is 46.7 Å². The molecule has 0 amide bonds. The topological polar surface area (TPSA) is 55.6 Å².